The van der Waals surface area contributed by atoms with E-state index in [4.69, 9.17) is 9.84 Å². The second kappa shape index (κ2) is 10.3. The molecule has 1 aliphatic carbocycles. The highest BCUT2D eigenvalue weighted by atomic mass is 16.5. The van der Waals surface area contributed by atoms with E-state index in [1.165, 1.54) is 37.8 Å². The molecule has 7 heteroatoms. The van der Waals surface area contributed by atoms with Gasteiger partial charge in [0.2, 0.25) is 5.91 Å². The van der Waals surface area contributed by atoms with Crippen molar-refractivity contribution >= 4 is 11.7 Å². The van der Waals surface area contributed by atoms with Gasteiger partial charge in [0, 0.05) is 49.6 Å². The topological polar surface area (TPSA) is 63.5 Å². The zero-order valence-electron chi connectivity index (χ0n) is 19.9. The number of nitrogens with zero attached hydrogens (tertiary/aromatic N) is 5. The van der Waals surface area contributed by atoms with Crippen LogP contribution in [0.25, 0.3) is 11.3 Å². The van der Waals surface area contributed by atoms with E-state index >= 15 is 0 Å². The number of hydrogen-bond donors (Lipinski definition) is 0. The maximum atomic E-state index is 13.3. The van der Waals surface area contributed by atoms with Gasteiger partial charge in [-0.1, -0.05) is 37.5 Å². The predicted molar refractivity (Wildman–Crippen MR) is 133 cm³/mol. The molecule has 5 rings (SSSR count). The Kier molecular flexibility index (Phi) is 6.79. The molecule has 178 valence electrons. The van der Waals surface area contributed by atoms with Gasteiger partial charge >= 0.3 is 0 Å². The first-order valence-electron chi connectivity index (χ1n) is 12.4. The number of aromatic nitrogens is 3. The summed E-state index contributed by atoms with van der Waals surface area (Å²) in [4.78, 5) is 22.0. The van der Waals surface area contributed by atoms with Crippen LogP contribution in [0, 0.1) is 0 Å². The van der Waals surface area contributed by atoms with E-state index in [1.54, 1.807) is 7.11 Å². The quantitative estimate of drug-likeness (QED) is 0.548. The molecule has 3 aromatic rings. The van der Waals surface area contributed by atoms with Crippen LogP contribution in [0.15, 0.2) is 54.7 Å². The molecule has 1 saturated heterocycles. The van der Waals surface area contributed by atoms with Crippen molar-refractivity contribution in [1.82, 2.24) is 19.7 Å². The lowest BCUT2D eigenvalue weighted by Crippen LogP contribution is -2.50. The van der Waals surface area contributed by atoms with Crippen LogP contribution >= 0.6 is 0 Å². The zero-order chi connectivity index (χ0) is 23.3. The lowest BCUT2D eigenvalue weighted by atomic mass is 9.86. The van der Waals surface area contributed by atoms with Crippen molar-refractivity contribution in [2.24, 2.45) is 0 Å². The van der Waals surface area contributed by atoms with Crippen molar-refractivity contribution in [1.29, 1.82) is 0 Å². The Morgan fingerprint density at radius 1 is 1.00 bits per heavy atom. The number of carbonyl (C=O) groups excluding carboxylic acids is 1. The number of pyridine rings is 1. The summed E-state index contributed by atoms with van der Waals surface area (Å²) in [5.41, 5.74) is 3.12. The zero-order valence-corrected chi connectivity index (χ0v) is 19.9. The maximum absolute atomic E-state index is 13.3. The molecule has 3 heterocycles. The third-order valence-electron chi connectivity index (χ3n) is 7.09. The Balaban J connectivity index is 1.32. The van der Waals surface area contributed by atoms with Gasteiger partial charge in [0.1, 0.15) is 18.1 Å². The molecule has 7 nitrogen and oxygen atoms in total. The van der Waals surface area contributed by atoms with Crippen LogP contribution in [-0.4, -0.2) is 58.9 Å². The first-order valence-corrected chi connectivity index (χ1v) is 12.4. The summed E-state index contributed by atoms with van der Waals surface area (Å²) in [6.07, 6.45) is 7.94. The smallest absolute Gasteiger partial charge is 0.244 e. The molecule has 1 aromatic carbocycles. The predicted octanol–water partition coefficient (Wildman–Crippen LogP) is 4.35. The van der Waals surface area contributed by atoms with Crippen molar-refractivity contribution in [2.45, 2.75) is 44.6 Å². The molecule has 0 spiro atoms. The number of benzene rings is 1. The fraction of sp³-hybridized carbons (Fsp3) is 0.444. The summed E-state index contributed by atoms with van der Waals surface area (Å²) in [6, 6.07) is 16.1. The number of carbonyl (C=O) groups is 1. The van der Waals surface area contributed by atoms with Crippen LogP contribution in [-0.2, 0) is 11.3 Å². The van der Waals surface area contributed by atoms with Crippen LogP contribution < -0.4 is 9.64 Å². The minimum atomic E-state index is 0.137. The highest BCUT2D eigenvalue weighted by molar-refractivity contribution is 5.76. The molecule has 1 saturated carbocycles. The van der Waals surface area contributed by atoms with Crippen molar-refractivity contribution < 1.29 is 9.53 Å². The molecular weight excluding hydrogens is 426 g/mol. The molecule has 2 fully saturated rings. The monoisotopic (exact) mass is 459 g/mol. The summed E-state index contributed by atoms with van der Waals surface area (Å²) >= 11 is 0. The molecule has 0 N–H and O–H groups in total. The minimum absolute atomic E-state index is 0.137. The minimum Gasteiger partial charge on any atom is -0.497 e. The Bertz CT molecular complexity index is 1100. The molecule has 0 atom stereocenters. The lowest BCUT2D eigenvalue weighted by molar-refractivity contribution is -0.132. The average Bonchev–Trinajstić information content (AvgIpc) is 3.33. The van der Waals surface area contributed by atoms with E-state index in [0.29, 0.717) is 25.6 Å². The van der Waals surface area contributed by atoms with Crippen LogP contribution in [0.2, 0.25) is 0 Å². The number of methoxy groups -OCH3 is 1. The third-order valence-corrected chi connectivity index (χ3v) is 7.09. The molecule has 1 aliphatic heterocycles. The van der Waals surface area contributed by atoms with Crippen molar-refractivity contribution in [3.05, 3.63) is 60.4 Å². The van der Waals surface area contributed by atoms with Crippen LogP contribution in [0.5, 0.6) is 5.75 Å². The second-order valence-electron chi connectivity index (χ2n) is 9.23. The fourth-order valence-corrected chi connectivity index (χ4v) is 5.16. The molecule has 2 aliphatic rings. The largest absolute Gasteiger partial charge is 0.497 e. The number of piperazine rings is 1. The second-order valence-corrected chi connectivity index (χ2v) is 9.23. The molecule has 2 aromatic heterocycles. The van der Waals surface area contributed by atoms with E-state index in [2.05, 4.69) is 22.0 Å². The number of hydrogen-bond acceptors (Lipinski definition) is 5. The van der Waals surface area contributed by atoms with Gasteiger partial charge in [-0.05, 0) is 43.2 Å². The Hall–Kier alpha value is -3.35. The lowest BCUT2D eigenvalue weighted by Gasteiger charge is -2.35. The van der Waals surface area contributed by atoms with E-state index in [0.717, 1.165) is 35.9 Å². The molecular formula is C27H33N5O2. The number of ether oxygens (including phenoxy) is 1. The highest BCUT2D eigenvalue weighted by Gasteiger charge is 2.26. The number of rotatable bonds is 6. The first-order chi connectivity index (χ1) is 16.7. The van der Waals surface area contributed by atoms with Crippen LogP contribution in [0.4, 0.5) is 5.82 Å². The molecule has 0 unspecified atom stereocenters. The number of amides is 1. The van der Waals surface area contributed by atoms with E-state index in [-0.39, 0.29) is 5.91 Å². The van der Waals surface area contributed by atoms with Gasteiger partial charge in [0.05, 0.1) is 12.8 Å². The van der Waals surface area contributed by atoms with Crippen molar-refractivity contribution in [3.63, 3.8) is 0 Å². The fourth-order valence-electron chi connectivity index (χ4n) is 5.16. The third kappa shape index (κ3) is 4.93. The molecule has 1 amide bonds. The maximum Gasteiger partial charge on any atom is 0.244 e. The normalized spacial score (nSPS) is 17.1. The van der Waals surface area contributed by atoms with Gasteiger partial charge in [-0.25, -0.2) is 4.98 Å². The Morgan fingerprint density at radius 2 is 1.82 bits per heavy atom. The molecule has 0 bridgehead atoms. The van der Waals surface area contributed by atoms with Gasteiger partial charge in [0.25, 0.3) is 0 Å². The van der Waals surface area contributed by atoms with Gasteiger partial charge in [-0.2, -0.15) is 5.10 Å². The molecule has 0 radical (unpaired) electrons. The van der Waals surface area contributed by atoms with Gasteiger partial charge in [-0.3, -0.25) is 9.48 Å². The van der Waals surface area contributed by atoms with E-state index in [1.807, 2.05) is 52.2 Å². The van der Waals surface area contributed by atoms with Crippen molar-refractivity contribution in [3.8, 4) is 17.0 Å². The Labute approximate surface area is 201 Å². The van der Waals surface area contributed by atoms with Crippen LogP contribution in [0.3, 0.4) is 0 Å². The average molecular weight is 460 g/mol. The SMILES string of the molecule is COc1cccc(-c2cc(C3CCCCC3)n(CC(=O)N3CCN(c4ccccn4)CC3)n2)c1. The van der Waals surface area contributed by atoms with Gasteiger partial charge in [0.15, 0.2) is 0 Å². The summed E-state index contributed by atoms with van der Waals surface area (Å²) in [7, 11) is 1.68. The van der Waals surface area contributed by atoms with E-state index < -0.39 is 0 Å². The summed E-state index contributed by atoms with van der Waals surface area (Å²) in [5, 5.41) is 4.92. The number of anilines is 1. The van der Waals surface area contributed by atoms with Gasteiger partial charge in [-0.15, -0.1) is 0 Å². The molecule has 34 heavy (non-hydrogen) atoms. The highest BCUT2D eigenvalue weighted by Crippen LogP contribution is 2.35. The van der Waals surface area contributed by atoms with Crippen LogP contribution in [0.1, 0.15) is 43.7 Å². The summed E-state index contributed by atoms with van der Waals surface area (Å²) in [5.74, 6) is 2.39. The van der Waals surface area contributed by atoms with E-state index in [9.17, 15) is 4.79 Å². The van der Waals surface area contributed by atoms with Gasteiger partial charge < -0.3 is 14.5 Å². The Morgan fingerprint density at radius 3 is 2.56 bits per heavy atom. The van der Waals surface area contributed by atoms with Crippen molar-refractivity contribution in [2.75, 3.05) is 38.2 Å². The standard InChI is InChI=1S/C27H33N5O2/c1-34-23-11-7-10-22(18-23)24-19-25(21-8-3-2-4-9-21)32(29-24)20-27(33)31-16-14-30(15-17-31)26-12-5-6-13-28-26/h5-7,10-13,18-19,21H,2-4,8-9,14-17,20H2,1H3. The summed E-state index contributed by atoms with van der Waals surface area (Å²) < 4.78 is 7.38. The first kappa shape index (κ1) is 22.4. The summed E-state index contributed by atoms with van der Waals surface area (Å²) in [6.45, 7) is 3.30.